The minimum Gasteiger partial charge on any atom is -0.496 e. The SMILES string of the molecule is CCN(CC)c1ccc(P2(=O)C3=CC(=[N+](C)C)C=CC3=C(c3c(OC)cccc3OC)c3ccc(N(C)C)cc32)cc1. The van der Waals surface area contributed by atoms with Crippen molar-refractivity contribution in [2.75, 3.05) is 65.3 Å². The highest BCUT2D eigenvalue weighted by Crippen LogP contribution is 2.62. The molecule has 1 aliphatic carbocycles. The first-order valence-corrected chi connectivity index (χ1v) is 16.1. The Balaban J connectivity index is 1.91. The molecule has 0 saturated heterocycles. The van der Waals surface area contributed by atoms with Crippen molar-refractivity contribution < 1.29 is 18.6 Å². The molecule has 0 radical (unpaired) electrons. The fourth-order valence-electron chi connectivity index (χ4n) is 5.92. The van der Waals surface area contributed by atoms with Crippen LogP contribution in [0.5, 0.6) is 11.5 Å². The van der Waals surface area contributed by atoms with Crippen molar-refractivity contribution in [3.63, 3.8) is 0 Å². The summed E-state index contributed by atoms with van der Waals surface area (Å²) in [6.45, 7) is 6.14. The Labute approximate surface area is 250 Å². The van der Waals surface area contributed by atoms with Crippen LogP contribution in [-0.2, 0) is 4.57 Å². The van der Waals surface area contributed by atoms with E-state index in [1.807, 2.05) is 46.4 Å². The number of ether oxygens (including phenoxy) is 2. The molecular weight excluding hydrogens is 541 g/mol. The maximum Gasteiger partial charge on any atom is 0.200 e. The molecule has 1 unspecified atom stereocenters. The van der Waals surface area contributed by atoms with Gasteiger partial charge >= 0.3 is 0 Å². The number of benzene rings is 3. The lowest BCUT2D eigenvalue weighted by atomic mass is 9.88. The van der Waals surface area contributed by atoms with Gasteiger partial charge in [-0.05, 0) is 79.6 Å². The average Bonchev–Trinajstić information content (AvgIpc) is 3.01. The molecule has 0 spiro atoms. The quantitative estimate of drug-likeness (QED) is 0.244. The smallest absolute Gasteiger partial charge is 0.200 e. The van der Waals surface area contributed by atoms with Crippen LogP contribution < -0.4 is 29.9 Å². The Morgan fingerprint density at radius 1 is 0.833 bits per heavy atom. The Morgan fingerprint density at radius 2 is 1.45 bits per heavy atom. The van der Waals surface area contributed by atoms with E-state index in [-0.39, 0.29) is 0 Å². The van der Waals surface area contributed by atoms with Gasteiger partial charge in [-0.25, -0.2) is 4.58 Å². The monoisotopic (exact) mass is 582 g/mol. The van der Waals surface area contributed by atoms with Crippen LogP contribution in [0.4, 0.5) is 11.4 Å². The van der Waals surface area contributed by atoms with Crippen LogP contribution in [-0.4, -0.2) is 65.8 Å². The summed E-state index contributed by atoms with van der Waals surface area (Å²) in [5.41, 5.74) is 6.76. The number of fused-ring (bicyclic) bond motifs is 2. The Kier molecular flexibility index (Phi) is 8.21. The fraction of sp³-hybridized carbons (Fsp3) is 0.286. The van der Waals surface area contributed by atoms with Crippen LogP contribution >= 0.6 is 7.14 Å². The molecule has 2 aliphatic rings. The van der Waals surface area contributed by atoms with Crippen LogP contribution in [0.2, 0.25) is 0 Å². The Morgan fingerprint density at radius 3 is 2.00 bits per heavy atom. The number of hydrogen-bond donors (Lipinski definition) is 0. The van der Waals surface area contributed by atoms with Gasteiger partial charge in [0.1, 0.15) is 25.6 Å². The third-order valence-electron chi connectivity index (χ3n) is 8.23. The van der Waals surface area contributed by atoms with Crippen LogP contribution in [0.25, 0.3) is 5.57 Å². The van der Waals surface area contributed by atoms with Gasteiger partial charge in [-0.3, -0.25) is 0 Å². The minimum atomic E-state index is -3.33. The highest BCUT2D eigenvalue weighted by atomic mass is 31.2. The predicted octanol–water partition coefficient (Wildman–Crippen LogP) is 5.91. The summed E-state index contributed by atoms with van der Waals surface area (Å²) < 4.78 is 29.9. The van der Waals surface area contributed by atoms with Gasteiger partial charge in [0, 0.05) is 72.2 Å². The second-order valence-corrected chi connectivity index (χ2v) is 13.6. The van der Waals surface area contributed by atoms with Crippen molar-refractivity contribution in [3.8, 4) is 11.5 Å². The fourth-order valence-corrected chi connectivity index (χ4v) is 8.99. The highest BCUT2D eigenvalue weighted by Gasteiger charge is 2.44. The molecule has 7 heteroatoms. The van der Waals surface area contributed by atoms with E-state index in [1.54, 1.807) is 14.2 Å². The molecule has 0 bridgehead atoms. The van der Waals surface area contributed by atoms with Crippen molar-refractivity contribution in [2.45, 2.75) is 13.8 Å². The molecular formula is C35H41N3O3P+. The molecule has 0 amide bonds. The van der Waals surface area contributed by atoms with Crippen molar-refractivity contribution in [1.29, 1.82) is 0 Å². The number of allylic oxidation sites excluding steroid dienone is 5. The van der Waals surface area contributed by atoms with E-state index in [0.29, 0.717) is 11.5 Å². The Bertz CT molecular complexity index is 1670. The second-order valence-electron chi connectivity index (χ2n) is 10.9. The zero-order chi connectivity index (χ0) is 30.2. The maximum atomic E-state index is 16.0. The topological polar surface area (TPSA) is 45.0 Å². The molecule has 0 aromatic heterocycles. The molecule has 1 atom stereocenters. The summed E-state index contributed by atoms with van der Waals surface area (Å²) in [6, 6.07) is 20.5. The number of anilines is 2. The third kappa shape index (κ3) is 4.78. The van der Waals surface area contributed by atoms with Gasteiger partial charge in [-0.2, -0.15) is 0 Å². The van der Waals surface area contributed by atoms with Gasteiger partial charge in [0.2, 0.25) is 0 Å². The van der Waals surface area contributed by atoms with Gasteiger partial charge in [0.05, 0.1) is 19.8 Å². The van der Waals surface area contributed by atoms with Crippen molar-refractivity contribution in [3.05, 3.63) is 101 Å². The first-order chi connectivity index (χ1) is 20.2. The molecule has 42 heavy (non-hydrogen) atoms. The lowest BCUT2D eigenvalue weighted by Gasteiger charge is -2.35. The number of rotatable bonds is 8. The first kappa shape index (κ1) is 29.5. The van der Waals surface area contributed by atoms with Crippen molar-refractivity contribution >= 4 is 40.4 Å². The van der Waals surface area contributed by atoms with Gasteiger partial charge in [0.25, 0.3) is 0 Å². The standard InChI is InChI=1S/C35H41N3O3P/c1-9-38(10-2)24-14-18-27(19-15-24)42(39)32-22-25(36(3)4)16-20-28(32)34(29-21-17-26(37(5)6)23-33(29)42)35-30(40-7)12-11-13-31(35)41-8/h11-23H,9-10H2,1-8H3/q+1. The summed E-state index contributed by atoms with van der Waals surface area (Å²) in [5.74, 6) is 1.41. The summed E-state index contributed by atoms with van der Waals surface area (Å²) in [5, 5.41) is 2.45. The van der Waals surface area contributed by atoms with Crippen molar-refractivity contribution in [1.82, 2.24) is 0 Å². The van der Waals surface area contributed by atoms with Gasteiger partial charge in [-0.15, -0.1) is 0 Å². The van der Waals surface area contributed by atoms with Crippen LogP contribution in [0.3, 0.4) is 0 Å². The molecule has 3 aromatic carbocycles. The first-order valence-electron chi connectivity index (χ1n) is 14.4. The second kappa shape index (κ2) is 11.7. The molecule has 3 aromatic rings. The largest absolute Gasteiger partial charge is 0.496 e. The molecule has 1 aliphatic heterocycles. The van der Waals surface area contributed by atoms with E-state index >= 15 is 4.57 Å². The Hall–Kier alpha value is -4.02. The van der Waals surface area contributed by atoms with E-state index in [2.05, 4.69) is 88.9 Å². The summed E-state index contributed by atoms with van der Waals surface area (Å²) in [7, 11) is 8.08. The molecule has 0 N–H and O–H groups in total. The number of nitrogens with zero attached hydrogens (tertiary/aromatic N) is 3. The molecule has 0 saturated carbocycles. The lowest BCUT2D eigenvalue weighted by Crippen LogP contribution is -2.29. The average molecular weight is 583 g/mol. The van der Waals surface area contributed by atoms with Crippen LogP contribution in [0.15, 0.2) is 89.8 Å². The van der Waals surface area contributed by atoms with Crippen molar-refractivity contribution in [2.24, 2.45) is 0 Å². The normalized spacial score (nSPS) is 17.3. The van der Waals surface area contributed by atoms with Gasteiger partial charge in [0.15, 0.2) is 12.9 Å². The van der Waals surface area contributed by atoms with Gasteiger partial charge in [-0.1, -0.05) is 12.1 Å². The molecule has 1 heterocycles. The van der Waals surface area contributed by atoms with E-state index in [0.717, 1.165) is 68.4 Å². The van der Waals surface area contributed by atoms with E-state index in [1.165, 1.54) is 0 Å². The molecule has 218 valence electrons. The van der Waals surface area contributed by atoms with Crippen LogP contribution in [0, 0.1) is 0 Å². The number of hydrogen-bond acceptors (Lipinski definition) is 5. The lowest BCUT2D eigenvalue weighted by molar-refractivity contribution is -0.462. The highest BCUT2D eigenvalue weighted by molar-refractivity contribution is 7.83. The predicted molar refractivity (Wildman–Crippen MR) is 178 cm³/mol. The summed E-state index contributed by atoms with van der Waals surface area (Å²) in [6.07, 6.45) is 6.29. The van der Waals surface area contributed by atoms with E-state index in [4.69, 9.17) is 9.47 Å². The molecule has 6 nitrogen and oxygen atoms in total. The summed E-state index contributed by atoms with van der Waals surface area (Å²) >= 11 is 0. The van der Waals surface area contributed by atoms with E-state index in [9.17, 15) is 0 Å². The summed E-state index contributed by atoms with van der Waals surface area (Å²) in [4.78, 5) is 4.36. The van der Waals surface area contributed by atoms with Crippen LogP contribution in [0.1, 0.15) is 25.0 Å². The third-order valence-corrected chi connectivity index (χ3v) is 11.4. The number of methoxy groups -OCH3 is 2. The van der Waals surface area contributed by atoms with E-state index < -0.39 is 7.14 Å². The minimum absolute atomic E-state index is 0.704. The van der Waals surface area contributed by atoms with Gasteiger partial charge < -0.3 is 23.8 Å². The molecule has 0 fully saturated rings. The zero-order valence-electron chi connectivity index (χ0n) is 25.9. The molecule has 5 rings (SSSR count). The zero-order valence-corrected chi connectivity index (χ0v) is 26.8. The maximum absolute atomic E-state index is 16.0.